The maximum absolute atomic E-state index is 13.0. The smallest absolute Gasteiger partial charge is 0.268 e. The Balaban J connectivity index is 1.85. The van der Waals surface area contributed by atoms with E-state index in [0.29, 0.717) is 28.6 Å². The number of carbonyl (C=O) groups is 1. The van der Waals surface area contributed by atoms with E-state index >= 15 is 0 Å². The van der Waals surface area contributed by atoms with Gasteiger partial charge in [0, 0.05) is 31.1 Å². The van der Waals surface area contributed by atoms with E-state index in [1.54, 1.807) is 30.5 Å². The summed E-state index contributed by atoms with van der Waals surface area (Å²) in [6.45, 7) is 4.11. The van der Waals surface area contributed by atoms with Gasteiger partial charge in [-0.05, 0) is 26.0 Å². The van der Waals surface area contributed by atoms with Crippen molar-refractivity contribution >= 4 is 17.2 Å². The summed E-state index contributed by atoms with van der Waals surface area (Å²) in [6.07, 6.45) is 3.44. The molecule has 3 aromatic heterocycles. The predicted molar refractivity (Wildman–Crippen MR) is 93.1 cm³/mol. The van der Waals surface area contributed by atoms with E-state index in [0.717, 1.165) is 10.6 Å². The summed E-state index contributed by atoms with van der Waals surface area (Å²) < 4.78 is 10.2. The molecule has 25 heavy (non-hydrogen) atoms. The third-order valence-corrected chi connectivity index (χ3v) is 4.70. The molecule has 0 aliphatic rings. The van der Waals surface area contributed by atoms with E-state index in [4.69, 9.17) is 9.26 Å². The van der Waals surface area contributed by atoms with E-state index in [-0.39, 0.29) is 12.6 Å². The first-order valence-corrected chi connectivity index (χ1v) is 8.48. The summed E-state index contributed by atoms with van der Waals surface area (Å²) in [5.41, 5.74) is 2.25. The minimum Gasteiger partial charge on any atom is -0.364 e. The highest BCUT2D eigenvalue weighted by molar-refractivity contribution is 7.17. The van der Waals surface area contributed by atoms with Crippen LogP contribution in [0.2, 0.25) is 0 Å². The molecule has 7 nitrogen and oxygen atoms in total. The third kappa shape index (κ3) is 3.92. The molecule has 0 aliphatic heterocycles. The molecule has 0 radical (unpaired) electrons. The number of amides is 1. The molecule has 0 saturated carbocycles. The van der Waals surface area contributed by atoms with Crippen molar-refractivity contribution in [2.45, 2.75) is 20.4 Å². The SMILES string of the molecule is COCN(Cc1cc(C)on1)C(=O)c1sc(-c2cccnc2)nc1C. The fourth-order valence-corrected chi connectivity index (χ4v) is 3.40. The summed E-state index contributed by atoms with van der Waals surface area (Å²) in [5, 5.41) is 4.71. The molecule has 8 heteroatoms. The number of aromatic nitrogens is 3. The van der Waals surface area contributed by atoms with Crippen LogP contribution in [0, 0.1) is 13.8 Å². The minimum atomic E-state index is -0.146. The molecule has 0 saturated heterocycles. The molecule has 3 aromatic rings. The molecule has 0 atom stereocenters. The lowest BCUT2D eigenvalue weighted by Crippen LogP contribution is -2.32. The monoisotopic (exact) mass is 358 g/mol. The Kier molecular flexibility index (Phi) is 5.20. The maximum atomic E-state index is 13.0. The van der Waals surface area contributed by atoms with Crippen molar-refractivity contribution in [1.82, 2.24) is 20.0 Å². The summed E-state index contributed by atoms with van der Waals surface area (Å²) in [5.74, 6) is 0.556. The van der Waals surface area contributed by atoms with Crippen LogP contribution in [0.25, 0.3) is 10.6 Å². The minimum absolute atomic E-state index is 0.146. The van der Waals surface area contributed by atoms with Gasteiger partial charge in [-0.25, -0.2) is 4.98 Å². The van der Waals surface area contributed by atoms with Crippen LogP contribution in [0.1, 0.15) is 26.8 Å². The van der Waals surface area contributed by atoms with Gasteiger partial charge in [-0.2, -0.15) is 0 Å². The van der Waals surface area contributed by atoms with Gasteiger partial charge in [0.25, 0.3) is 5.91 Å². The Labute approximate surface area is 149 Å². The van der Waals surface area contributed by atoms with Gasteiger partial charge in [-0.1, -0.05) is 5.16 Å². The standard InChI is InChI=1S/C17H18N4O3S/c1-11-7-14(20-24-11)9-21(10-23-3)17(22)15-12(2)19-16(25-15)13-5-4-6-18-8-13/h4-8H,9-10H2,1-3H3. The van der Waals surface area contributed by atoms with Gasteiger partial charge in [-0.15, -0.1) is 11.3 Å². The molecule has 0 aromatic carbocycles. The number of nitrogens with zero attached hydrogens (tertiary/aromatic N) is 4. The lowest BCUT2D eigenvalue weighted by molar-refractivity contribution is 0.0386. The molecule has 1 amide bonds. The van der Waals surface area contributed by atoms with E-state index in [1.807, 2.05) is 26.0 Å². The first-order chi connectivity index (χ1) is 12.1. The number of carbonyl (C=O) groups excluding carboxylic acids is 1. The number of pyridine rings is 1. The highest BCUT2D eigenvalue weighted by atomic mass is 32.1. The Bertz CT molecular complexity index is 860. The molecule has 130 valence electrons. The number of hydrogen-bond acceptors (Lipinski definition) is 7. The van der Waals surface area contributed by atoms with Crippen molar-refractivity contribution in [1.29, 1.82) is 0 Å². The number of thiazole rings is 1. The molecular formula is C17H18N4O3S. The average molecular weight is 358 g/mol. The van der Waals surface area contributed by atoms with Gasteiger partial charge in [0.1, 0.15) is 28.1 Å². The molecular weight excluding hydrogens is 340 g/mol. The van der Waals surface area contributed by atoms with Gasteiger partial charge in [-0.3, -0.25) is 9.78 Å². The van der Waals surface area contributed by atoms with E-state index in [2.05, 4.69) is 15.1 Å². The van der Waals surface area contributed by atoms with Crippen molar-refractivity contribution in [3.63, 3.8) is 0 Å². The Morgan fingerprint density at radius 1 is 1.40 bits per heavy atom. The van der Waals surface area contributed by atoms with Crippen molar-refractivity contribution in [2.24, 2.45) is 0 Å². The number of aryl methyl sites for hydroxylation is 2. The quantitative estimate of drug-likeness (QED) is 0.630. The zero-order chi connectivity index (χ0) is 17.8. The first-order valence-electron chi connectivity index (χ1n) is 7.66. The Morgan fingerprint density at radius 3 is 2.88 bits per heavy atom. The molecule has 3 heterocycles. The lowest BCUT2D eigenvalue weighted by Gasteiger charge is -2.19. The van der Waals surface area contributed by atoms with Crippen LogP contribution in [0.15, 0.2) is 35.1 Å². The number of methoxy groups -OCH3 is 1. The van der Waals surface area contributed by atoms with Gasteiger partial charge in [0.2, 0.25) is 0 Å². The largest absolute Gasteiger partial charge is 0.364 e. The summed E-state index contributed by atoms with van der Waals surface area (Å²) in [4.78, 5) is 23.7. The van der Waals surface area contributed by atoms with Crippen LogP contribution in [0.4, 0.5) is 0 Å². The van der Waals surface area contributed by atoms with Crippen LogP contribution in [0.5, 0.6) is 0 Å². The number of hydrogen-bond donors (Lipinski definition) is 0. The topological polar surface area (TPSA) is 81.4 Å². The Hall–Kier alpha value is -2.58. The molecule has 3 rings (SSSR count). The maximum Gasteiger partial charge on any atom is 0.268 e. The summed E-state index contributed by atoms with van der Waals surface area (Å²) >= 11 is 1.35. The lowest BCUT2D eigenvalue weighted by atomic mass is 10.3. The van der Waals surface area contributed by atoms with Crippen molar-refractivity contribution in [2.75, 3.05) is 13.8 Å². The van der Waals surface area contributed by atoms with Crippen molar-refractivity contribution < 1.29 is 14.1 Å². The van der Waals surface area contributed by atoms with E-state index < -0.39 is 0 Å². The van der Waals surface area contributed by atoms with Gasteiger partial charge >= 0.3 is 0 Å². The van der Waals surface area contributed by atoms with Gasteiger partial charge in [0.05, 0.1) is 12.2 Å². The van der Waals surface area contributed by atoms with Crippen molar-refractivity contribution in [3.05, 3.63) is 52.6 Å². The molecule has 0 N–H and O–H groups in total. The molecule has 0 bridgehead atoms. The summed E-state index contributed by atoms with van der Waals surface area (Å²) in [7, 11) is 1.55. The first kappa shape index (κ1) is 17.2. The molecule has 0 unspecified atom stereocenters. The fraction of sp³-hybridized carbons (Fsp3) is 0.294. The molecule has 0 fully saturated rings. The van der Waals surface area contributed by atoms with Crippen LogP contribution in [-0.2, 0) is 11.3 Å². The zero-order valence-electron chi connectivity index (χ0n) is 14.2. The van der Waals surface area contributed by atoms with E-state index in [9.17, 15) is 4.79 Å². The number of ether oxygens (including phenoxy) is 1. The number of rotatable bonds is 6. The normalized spacial score (nSPS) is 10.8. The fourth-order valence-electron chi connectivity index (χ4n) is 2.37. The Morgan fingerprint density at radius 2 is 2.24 bits per heavy atom. The van der Waals surface area contributed by atoms with Crippen molar-refractivity contribution in [3.8, 4) is 10.6 Å². The van der Waals surface area contributed by atoms with E-state index in [1.165, 1.54) is 11.3 Å². The average Bonchev–Trinajstić information content (AvgIpc) is 3.20. The third-order valence-electron chi connectivity index (χ3n) is 3.50. The second kappa shape index (κ2) is 7.54. The zero-order valence-corrected chi connectivity index (χ0v) is 15.0. The second-order valence-corrected chi connectivity index (χ2v) is 6.52. The van der Waals surface area contributed by atoms with Crippen LogP contribution in [-0.4, -0.2) is 39.8 Å². The van der Waals surface area contributed by atoms with Gasteiger partial charge < -0.3 is 14.2 Å². The van der Waals surface area contributed by atoms with Crippen LogP contribution < -0.4 is 0 Å². The molecule has 0 aliphatic carbocycles. The van der Waals surface area contributed by atoms with Crippen LogP contribution >= 0.6 is 11.3 Å². The highest BCUT2D eigenvalue weighted by Crippen LogP contribution is 2.28. The predicted octanol–water partition coefficient (Wildman–Crippen LogP) is 3.06. The second-order valence-electron chi connectivity index (χ2n) is 5.53. The molecule has 0 spiro atoms. The van der Waals surface area contributed by atoms with Gasteiger partial charge in [0.15, 0.2) is 0 Å². The highest BCUT2D eigenvalue weighted by Gasteiger charge is 2.23. The summed E-state index contributed by atoms with van der Waals surface area (Å²) in [6, 6.07) is 5.57. The van der Waals surface area contributed by atoms with Crippen LogP contribution in [0.3, 0.4) is 0 Å².